The van der Waals surface area contributed by atoms with Crippen molar-refractivity contribution in [2.75, 3.05) is 40.9 Å². The minimum atomic E-state index is -4.60. The Morgan fingerprint density at radius 3 is 1.29 bits per heavy atom. The van der Waals surface area contributed by atoms with Crippen molar-refractivity contribution in [3.8, 4) is 0 Å². The minimum Gasteiger partial charge on any atom is -0.756 e. The number of rotatable bonds is 49. The number of allylic oxidation sites excluding steroid dienone is 5. The number of carbonyl (C=O) groups is 1. The highest BCUT2D eigenvalue weighted by Crippen LogP contribution is 2.38. The van der Waals surface area contributed by atoms with E-state index in [9.17, 15) is 19.4 Å². The predicted octanol–water partition coefficient (Wildman–Crippen LogP) is 15.2. The number of unbranched alkanes of at least 4 members (excludes halogenated alkanes) is 32. The molecule has 0 aliphatic rings. The first-order valence-electron chi connectivity index (χ1n) is 26.9. The molecule has 0 aromatic carbocycles. The van der Waals surface area contributed by atoms with E-state index in [2.05, 4.69) is 43.5 Å². The Hall–Kier alpha value is -1.28. The van der Waals surface area contributed by atoms with Crippen LogP contribution in [0.5, 0.6) is 0 Å². The van der Waals surface area contributed by atoms with Crippen LogP contribution in [0.2, 0.25) is 0 Å². The second-order valence-electron chi connectivity index (χ2n) is 19.6. The quantitative estimate of drug-likeness (QED) is 0.0272. The van der Waals surface area contributed by atoms with Gasteiger partial charge in [-0.05, 0) is 44.9 Å². The summed E-state index contributed by atoms with van der Waals surface area (Å²) in [5.74, 6) is -0.208. The SMILES string of the molecule is CCCCCCCCCCCCCCC/C=C/CC/C=C/CC/C=C/C(O)C(COP(=O)([O-])OCC[N+](C)(C)C)NC(=O)CCCCCCCCCCCCCCCCCCCC. The lowest BCUT2D eigenvalue weighted by atomic mass is 10.0. The average Bonchev–Trinajstić information content (AvgIpc) is 3.24. The molecule has 2 N–H and O–H groups in total. The number of hydrogen-bond acceptors (Lipinski definition) is 6. The third-order valence-corrected chi connectivity index (χ3v) is 13.0. The van der Waals surface area contributed by atoms with E-state index in [1.165, 1.54) is 186 Å². The molecule has 0 saturated heterocycles. The van der Waals surface area contributed by atoms with Crippen LogP contribution in [-0.4, -0.2) is 68.5 Å². The van der Waals surface area contributed by atoms with Gasteiger partial charge in [-0.25, -0.2) is 0 Å². The second kappa shape index (κ2) is 45.9. The van der Waals surface area contributed by atoms with Crippen molar-refractivity contribution in [2.45, 2.75) is 264 Å². The monoisotopic (exact) mass is 909 g/mol. The van der Waals surface area contributed by atoms with Crippen LogP contribution in [0.3, 0.4) is 0 Å². The highest BCUT2D eigenvalue weighted by molar-refractivity contribution is 7.45. The Morgan fingerprint density at radius 2 is 0.889 bits per heavy atom. The molecule has 9 heteroatoms. The van der Waals surface area contributed by atoms with Gasteiger partial charge in [0.25, 0.3) is 7.82 Å². The molecule has 0 aliphatic heterocycles. The lowest BCUT2D eigenvalue weighted by Crippen LogP contribution is -2.45. The standard InChI is InChI=1S/C54H105N2O6P/c1-6-8-10-12-14-16-18-20-22-24-26-27-28-29-30-31-33-35-37-39-41-43-45-47-53(57)52(51-62-63(59,60)61-50-49-56(3,4)5)55-54(58)48-46-44-42-40-38-36-34-32-25-23-21-19-17-15-13-11-9-7-2/h30-31,37,39,45,47,52-53,57H,6-29,32-36,38,40-44,46,48-51H2,1-5H3,(H-,55,58,59,60)/b31-30+,39-37+,47-45+. The number of aliphatic hydroxyl groups excluding tert-OH is 1. The first-order valence-corrected chi connectivity index (χ1v) is 28.3. The Kier molecular flexibility index (Phi) is 44.9. The van der Waals surface area contributed by atoms with E-state index in [1.807, 2.05) is 27.2 Å². The van der Waals surface area contributed by atoms with Gasteiger partial charge in [0.15, 0.2) is 0 Å². The van der Waals surface area contributed by atoms with Crippen LogP contribution in [-0.2, 0) is 18.4 Å². The van der Waals surface area contributed by atoms with Crippen molar-refractivity contribution in [1.29, 1.82) is 0 Å². The molecule has 63 heavy (non-hydrogen) atoms. The molecule has 0 aromatic rings. The van der Waals surface area contributed by atoms with Crippen molar-refractivity contribution < 1.29 is 32.9 Å². The summed E-state index contributed by atoms with van der Waals surface area (Å²) in [4.78, 5) is 25.4. The van der Waals surface area contributed by atoms with Crippen LogP contribution in [0, 0.1) is 0 Å². The zero-order valence-electron chi connectivity index (χ0n) is 42.3. The van der Waals surface area contributed by atoms with Crippen LogP contribution in [0.1, 0.15) is 251 Å². The fourth-order valence-corrected chi connectivity index (χ4v) is 8.56. The molecule has 0 heterocycles. The number of nitrogens with one attached hydrogen (secondary N) is 1. The maximum atomic E-state index is 12.9. The fraction of sp³-hybridized carbons (Fsp3) is 0.870. The number of carbonyl (C=O) groups excluding carboxylic acids is 1. The summed E-state index contributed by atoms with van der Waals surface area (Å²) in [5.41, 5.74) is 0. The molecule has 0 aliphatic carbocycles. The molecular weight excluding hydrogens is 804 g/mol. The van der Waals surface area contributed by atoms with Crippen molar-refractivity contribution in [2.24, 2.45) is 0 Å². The van der Waals surface area contributed by atoms with Crippen molar-refractivity contribution >= 4 is 13.7 Å². The van der Waals surface area contributed by atoms with Crippen LogP contribution in [0.15, 0.2) is 36.5 Å². The van der Waals surface area contributed by atoms with Crippen molar-refractivity contribution in [1.82, 2.24) is 5.32 Å². The first kappa shape index (κ1) is 61.7. The molecular formula is C54H105N2O6P. The second-order valence-corrected chi connectivity index (χ2v) is 21.0. The summed E-state index contributed by atoms with van der Waals surface area (Å²) in [6.45, 7) is 4.65. The third kappa shape index (κ3) is 48.5. The first-order chi connectivity index (χ1) is 30.5. The number of phosphoric acid groups is 1. The largest absolute Gasteiger partial charge is 0.756 e. The van der Waals surface area contributed by atoms with Gasteiger partial charge in [-0.1, -0.05) is 237 Å². The Labute approximate surface area is 391 Å². The Morgan fingerprint density at radius 1 is 0.540 bits per heavy atom. The van der Waals surface area contributed by atoms with E-state index >= 15 is 0 Å². The van der Waals surface area contributed by atoms with Gasteiger partial charge in [0.1, 0.15) is 13.2 Å². The molecule has 3 atom stereocenters. The van der Waals surface area contributed by atoms with Crippen LogP contribution >= 0.6 is 7.82 Å². The molecule has 372 valence electrons. The van der Waals surface area contributed by atoms with E-state index in [4.69, 9.17) is 9.05 Å². The summed E-state index contributed by atoms with van der Waals surface area (Å²) >= 11 is 0. The van der Waals surface area contributed by atoms with E-state index in [1.54, 1.807) is 6.08 Å². The van der Waals surface area contributed by atoms with E-state index < -0.39 is 26.6 Å². The number of aliphatic hydroxyl groups is 1. The summed E-state index contributed by atoms with van der Waals surface area (Å²) in [7, 11) is 1.24. The number of phosphoric ester groups is 1. The molecule has 0 fully saturated rings. The average molecular weight is 909 g/mol. The molecule has 0 spiro atoms. The normalized spacial score (nSPS) is 14.3. The molecule has 0 saturated carbocycles. The van der Waals surface area contributed by atoms with Crippen LogP contribution < -0.4 is 10.2 Å². The summed E-state index contributed by atoms with van der Waals surface area (Å²) in [6.07, 6.45) is 57.8. The molecule has 3 unspecified atom stereocenters. The highest BCUT2D eigenvalue weighted by atomic mass is 31.2. The van der Waals surface area contributed by atoms with Crippen LogP contribution in [0.4, 0.5) is 0 Å². The summed E-state index contributed by atoms with van der Waals surface area (Å²) in [6, 6.07) is -0.907. The minimum absolute atomic E-state index is 0.00751. The van der Waals surface area contributed by atoms with Gasteiger partial charge in [0.05, 0.1) is 39.9 Å². The van der Waals surface area contributed by atoms with Crippen molar-refractivity contribution in [3.05, 3.63) is 36.5 Å². The predicted molar refractivity (Wildman–Crippen MR) is 270 cm³/mol. The van der Waals surface area contributed by atoms with E-state index in [0.29, 0.717) is 17.4 Å². The van der Waals surface area contributed by atoms with Crippen molar-refractivity contribution in [3.63, 3.8) is 0 Å². The van der Waals surface area contributed by atoms with Gasteiger partial charge >= 0.3 is 0 Å². The summed E-state index contributed by atoms with van der Waals surface area (Å²) < 4.78 is 23.3. The molecule has 1 amide bonds. The Bertz CT molecular complexity index is 1120. The molecule has 8 nitrogen and oxygen atoms in total. The number of nitrogens with zero attached hydrogens (tertiary/aromatic N) is 1. The third-order valence-electron chi connectivity index (χ3n) is 12.1. The molecule has 0 radical (unpaired) electrons. The molecule has 0 bridgehead atoms. The number of amides is 1. The number of likely N-dealkylation sites (N-methyl/N-ethyl adjacent to an activating group) is 1. The van der Waals surface area contributed by atoms with Gasteiger partial charge in [-0.2, -0.15) is 0 Å². The number of quaternary nitrogens is 1. The molecule has 0 aromatic heterocycles. The maximum absolute atomic E-state index is 12.9. The number of hydrogen-bond donors (Lipinski definition) is 2. The lowest BCUT2D eigenvalue weighted by molar-refractivity contribution is -0.870. The highest BCUT2D eigenvalue weighted by Gasteiger charge is 2.23. The Balaban J connectivity index is 4.34. The topological polar surface area (TPSA) is 108 Å². The summed E-state index contributed by atoms with van der Waals surface area (Å²) in [5, 5.41) is 13.8. The smallest absolute Gasteiger partial charge is 0.268 e. The molecule has 0 rings (SSSR count). The van der Waals surface area contributed by atoms with E-state index in [0.717, 1.165) is 44.9 Å². The fourth-order valence-electron chi connectivity index (χ4n) is 7.83. The zero-order valence-corrected chi connectivity index (χ0v) is 43.2. The van der Waals surface area contributed by atoms with E-state index in [-0.39, 0.29) is 12.5 Å². The van der Waals surface area contributed by atoms with Gasteiger partial charge in [-0.3, -0.25) is 9.36 Å². The zero-order chi connectivity index (χ0) is 46.4. The van der Waals surface area contributed by atoms with Crippen LogP contribution in [0.25, 0.3) is 0 Å². The van der Waals surface area contributed by atoms with Gasteiger partial charge in [0, 0.05) is 6.42 Å². The van der Waals surface area contributed by atoms with Gasteiger partial charge < -0.3 is 28.8 Å². The maximum Gasteiger partial charge on any atom is 0.268 e. The van der Waals surface area contributed by atoms with Gasteiger partial charge in [-0.15, -0.1) is 0 Å². The van der Waals surface area contributed by atoms with Gasteiger partial charge in [0.2, 0.25) is 5.91 Å². The lowest BCUT2D eigenvalue weighted by Gasteiger charge is -2.29.